The minimum Gasteiger partial charge on any atom is -0.464 e. The van der Waals surface area contributed by atoms with Crippen LogP contribution in [0.3, 0.4) is 0 Å². The molecule has 0 aliphatic carbocycles. The molecule has 5 heteroatoms. The molecule has 90 valence electrons. The molecule has 1 rings (SSSR count). The molecule has 0 spiro atoms. The highest BCUT2D eigenvalue weighted by Crippen LogP contribution is 2.22. The van der Waals surface area contributed by atoms with Gasteiger partial charge in [-0.25, -0.2) is 4.79 Å². The topological polar surface area (TPSA) is 61.5 Å². The molecule has 0 amide bonds. The monoisotopic (exact) mass is 243 g/mol. The molecule has 1 aromatic heterocycles. The minimum atomic E-state index is -0.349. The Morgan fingerprint density at radius 1 is 1.62 bits per heavy atom. The lowest BCUT2D eigenvalue weighted by Crippen LogP contribution is -2.20. The van der Waals surface area contributed by atoms with Crippen molar-refractivity contribution in [2.75, 3.05) is 19.8 Å². The van der Waals surface area contributed by atoms with E-state index in [2.05, 4.69) is 0 Å². The zero-order valence-electron chi connectivity index (χ0n) is 9.56. The van der Waals surface area contributed by atoms with E-state index < -0.39 is 0 Å². The lowest BCUT2D eigenvalue weighted by Gasteiger charge is -2.11. The Kier molecular flexibility index (Phi) is 5.45. The summed E-state index contributed by atoms with van der Waals surface area (Å²) < 4.78 is 9.93. The van der Waals surface area contributed by atoms with Gasteiger partial charge in [0.25, 0.3) is 0 Å². The normalized spacial score (nSPS) is 12.4. The number of hydrogen-bond acceptors (Lipinski definition) is 5. The predicted molar refractivity (Wildman–Crippen MR) is 63.4 cm³/mol. The van der Waals surface area contributed by atoms with Gasteiger partial charge in [-0.2, -0.15) is 0 Å². The summed E-state index contributed by atoms with van der Waals surface area (Å²) >= 11 is 1.61. The first-order valence-corrected chi connectivity index (χ1v) is 6.06. The van der Waals surface area contributed by atoms with Crippen LogP contribution in [-0.2, 0) is 14.3 Å². The number of nitrogens with two attached hydrogens (primary N) is 1. The quantitative estimate of drug-likeness (QED) is 0.771. The molecule has 1 aromatic rings. The van der Waals surface area contributed by atoms with Crippen LogP contribution in [0.2, 0.25) is 0 Å². The first-order chi connectivity index (χ1) is 7.65. The van der Waals surface area contributed by atoms with E-state index in [0.29, 0.717) is 13.2 Å². The Labute approximate surface area is 99.4 Å². The van der Waals surface area contributed by atoms with Gasteiger partial charge in [0.2, 0.25) is 0 Å². The Morgan fingerprint density at radius 3 is 2.94 bits per heavy atom. The summed E-state index contributed by atoms with van der Waals surface area (Å²) in [4.78, 5) is 12.1. The average Bonchev–Trinajstić information content (AvgIpc) is 2.64. The van der Waals surface area contributed by atoms with Crippen LogP contribution in [0.15, 0.2) is 11.4 Å². The molecule has 0 saturated carbocycles. The summed E-state index contributed by atoms with van der Waals surface area (Å²) in [6.45, 7) is 4.44. The van der Waals surface area contributed by atoms with Gasteiger partial charge in [-0.15, -0.1) is 11.3 Å². The predicted octanol–water partition coefficient (Wildman–Crippen LogP) is 1.64. The number of carbonyl (C=O) groups excluding carboxylic acids is 1. The first-order valence-electron chi connectivity index (χ1n) is 5.18. The van der Waals surface area contributed by atoms with Gasteiger partial charge < -0.3 is 15.2 Å². The van der Waals surface area contributed by atoms with Crippen molar-refractivity contribution in [2.45, 2.75) is 19.9 Å². The van der Waals surface area contributed by atoms with Crippen molar-refractivity contribution in [2.24, 2.45) is 5.73 Å². The molecule has 0 aliphatic rings. The van der Waals surface area contributed by atoms with Crippen LogP contribution in [0.5, 0.6) is 0 Å². The summed E-state index contributed by atoms with van der Waals surface area (Å²) in [6, 6.07) is 1.85. The van der Waals surface area contributed by atoms with Crippen molar-refractivity contribution in [3.63, 3.8) is 0 Å². The second kappa shape index (κ2) is 6.62. The number of ether oxygens (including phenoxy) is 2. The second-order valence-electron chi connectivity index (χ2n) is 3.39. The van der Waals surface area contributed by atoms with Crippen molar-refractivity contribution in [3.05, 3.63) is 21.9 Å². The maximum atomic E-state index is 11.0. The number of hydrogen-bond donors (Lipinski definition) is 1. The van der Waals surface area contributed by atoms with Gasteiger partial charge in [-0.1, -0.05) is 0 Å². The first kappa shape index (κ1) is 13.2. The van der Waals surface area contributed by atoms with Crippen molar-refractivity contribution >= 4 is 17.3 Å². The SMILES string of the molecule is CCOC(=O)COCC(N)c1sccc1C. The standard InChI is InChI=1S/C11H17NO3S/c1-3-15-10(13)7-14-6-9(12)11-8(2)4-5-16-11/h4-5,9H,3,6-7,12H2,1-2H3. The third-order valence-electron chi connectivity index (χ3n) is 2.06. The van der Waals surface area contributed by atoms with Crippen LogP contribution >= 0.6 is 11.3 Å². The fourth-order valence-electron chi connectivity index (χ4n) is 1.31. The Balaban J connectivity index is 2.28. The Morgan fingerprint density at radius 2 is 2.38 bits per heavy atom. The highest BCUT2D eigenvalue weighted by Gasteiger charge is 2.11. The van der Waals surface area contributed by atoms with Gasteiger partial charge in [0.15, 0.2) is 0 Å². The second-order valence-corrected chi connectivity index (χ2v) is 4.34. The van der Waals surface area contributed by atoms with Gasteiger partial charge in [0.1, 0.15) is 6.61 Å². The van der Waals surface area contributed by atoms with E-state index in [1.807, 2.05) is 18.4 Å². The zero-order chi connectivity index (χ0) is 12.0. The molecule has 0 saturated heterocycles. The van der Waals surface area contributed by atoms with E-state index in [1.165, 1.54) is 0 Å². The fourth-order valence-corrected chi connectivity index (χ4v) is 2.23. The summed E-state index contributed by atoms with van der Waals surface area (Å²) in [5.41, 5.74) is 7.10. The largest absolute Gasteiger partial charge is 0.464 e. The molecular formula is C11H17NO3S. The molecule has 0 aliphatic heterocycles. The third-order valence-corrected chi connectivity index (χ3v) is 3.21. The number of carbonyl (C=O) groups is 1. The molecule has 0 radical (unpaired) electrons. The smallest absolute Gasteiger partial charge is 0.332 e. The third kappa shape index (κ3) is 3.92. The van der Waals surface area contributed by atoms with Crippen molar-refractivity contribution in [1.82, 2.24) is 0 Å². The van der Waals surface area contributed by atoms with Crippen LogP contribution in [0.25, 0.3) is 0 Å². The molecular weight excluding hydrogens is 226 g/mol. The highest BCUT2D eigenvalue weighted by atomic mass is 32.1. The summed E-state index contributed by atoms with van der Waals surface area (Å²) in [6.07, 6.45) is 0. The average molecular weight is 243 g/mol. The van der Waals surface area contributed by atoms with Crippen molar-refractivity contribution < 1.29 is 14.3 Å². The van der Waals surface area contributed by atoms with Crippen LogP contribution in [0.4, 0.5) is 0 Å². The van der Waals surface area contributed by atoms with Crippen LogP contribution in [0, 0.1) is 6.92 Å². The molecule has 2 N–H and O–H groups in total. The Bertz CT molecular complexity index is 338. The van der Waals surface area contributed by atoms with Crippen molar-refractivity contribution in [3.8, 4) is 0 Å². The van der Waals surface area contributed by atoms with E-state index in [9.17, 15) is 4.79 Å². The highest BCUT2D eigenvalue weighted by molar-refractivity contribution is 7.10. The van der Waals surface area contributed by atoms with Gasteiger partial charge in [0, 0.05) is 4.88 Å². The zero-order valence-corrected chi connectivity index (χ0v) is 10.4. The molecule has 1 unspecified atom stereocenters. The molecule has 16 heavy (non-hydrogen) atoms. The maximum Gasteiger partial charge on any atom is 0.332 e. The van der Waals surface area contributed by atoms with Gasteiger partial charge in [0.05, 0.1) is 19.3 Å². The molecule has 1 heterocycles. The van der Waals surface area contributed by atoms with Gasteiger partial charge >= 0.3 is 5.97 Å². The fraction of sp³-hybridized carbons (Fsp3) is 0.545. The maximum absolute atomic E-state index is 11.0. The molecule has 1 atom stereocenters. The number of esters is 1. The number of aryl methyl sites for hydroxylation is 1. The molecule has 0 fully saturated rings. The lowest BCUT2D eigenvalue weighted by atomic mass is 10.2. The number of thiophene rings is 1. The summed E-state index contributed by atoms with van der Waals surface area (Å²) in [7, 11) is 0. The van der Waals surface area contributed by atoms with E-state index >= 15 is 0 Å². The van der Waals surface area contributed by atoms with Crippen LogP contribution < -0.4 is 5.73 Å². The molecule has 4 nitrogen and oxygen atoms in total. The van der Waals surface area contributed by atoms with E-state index in [-0.39, 0.29) is 18.6 Å². The lowest BCUT2D eigenvalue weighted by molar-refractivity contribution is -0.148. The minimum absolute atomic E-state index is 0.0358. The van der Waals surface area contributed by atoms with Crippen LogP contribution in [-0.4, -0.2) is 25.8 Å². The summed E-state index contributed by atoms with van der Waals surface area (Å²) in [5.74, 6) is -0.349. The van der Waals surface area contributed by atoms with E-state index in [4.69, 9.17) is 15.2 Å². The van der Waals surface area contributed by atoms with Crippen molar-refractivity contribution in [1.29, 1.82) is 0 Å². The van der Waals surface area contributed by atoms with Gasteiger partial charge in [-0.05, 0) is 30.9 Å². The van der Waals surface area contributed by atoms with E-state index in [1.54, 1.807) is 18.3 Å². The van der Waals surface area contributed by atoms with E-state index in [0.717, 1.165) is 10.4 Å². The Hall–Kier alpha value is -0.910. The molecule has 0 aromatic carbocycles. The van der Waals surface area contributed by atoms with Crippen LogP contribution in [0.1, 0.15) is 23.4 Å². The molecule has 0 bridgehead atoms. The summed E-state index contributed by atoms with van der Waals surface area (Å²) in [5, 5.41) is 2.00. The van der Waals surface area contributed by atoms with Gasteiger partial charge in [-0.3, -0.25) is 0 Å². The number of rotatable bonds is 6.